The van der Waals surface area contributed by atoms with Gasteiger partial charge in [0.05, 0.1) is 12.1 Å². The van der Waals surface area contributed by atoms with Crippen LogP contribution in [0, 0.1) is 0 Å². The Bertz CT molecular complexity index is 757. The zero-order valence-electron chi connectivity index (χ0n) is 15.1. The summed E-state index contributed by atoms with van der Waals surface area (Å²) in [5.74, 6) is 3.30. The third-order valence-corrected chi connectivity index (χ3v) is 5.64. The van der Waals surface area contributed by atoms with Crippen molar-refractivity contribution in [3.63, 3.8) is 0 Å². The van der Waals surface area contributed by atoms with Crippen LogP contribution < -0.4 is 10.1 Å². The number of likely N-dealkylation sites (tertiary alicyclic amines) is 1. The largest absolute Gasteiger partial charge is 0.495 e. The molecule has 2 heterocycles. The first-order chi connectivity index (χ1) is 12.7. The molecule has 2 aliphatic rings. The first kappa shape index (κ1) is 17.6. The highest BCUT2D eigenvalue weighted by Gasteiger charge is 2.27. The molecule has 1 aromatic carbocycles. The molecular weight excluding hydrogens is 348 g/mol. The number of nitrogens with zero attached hydrogens (tertiary/aromatic N) is 3. The van der Waals surface area contributed by atoms with Crippen LogP contribution in [-0.4, -0.2) is 41.1 Å². The number of piperidine rings is 1. The van der Waals surface area contributed by atoms with Gasteiger partial charge in [-0.1, -0.05) is 23.7 Å². The molecular formula is C20H25ClN4O. The van der Waals surface area contributed by atoms with Gasteiger partial charge in [-0.25, -0.2) is 9.97 Å². The first-order valence-electron chi connectivity index (χ1n) is 9.36. The van der Waals surface area contributed by atoms with E-state index in [-0.39, 0.29) is 0 Å². The minimum absolute atomic E-state index is 0.467. The molecule has 1 saturated carbocycles. The normalized spacial score (nSPS) is 18.7. The van der Waals surface area contributed by atoms with Crippen LogP contribution in [0.2, 0.25) is 5.02 Å². The molecule has 0 spiro atoms. The van der Waals surface area contributed by atoms with Gasteiger partial charge in [-0.3, -0.25) is 4.90 Å². The van der Waals surface area contributed by atoms with E-state index in [1.54, 1.807) is 7.11 Å². The molecule has 26 heavy (non-hydrogen) atoms. The van der Waals surface area contributed by atoms with E-state index in [4.69, 9.17) is 16.3 Å². The van der Waals surface area contributed by atoms with Gasteiger partial charge < -0.3 is 10.1 Å². The van der Waals surface area contributed by atoms with Gasteiger partial charge in [0.15, 0.2) is 0 Å². The molecule has 0 unspecified atom stereocenters. The van der Waals surface area contributed by atoms with Crippen LogP contribution in [0.1, 0.15) is 43.0 Å². The number of rotatable bonds is 6. The van der Waals surface area contributed by atoms with Crippen molar-refractivity contribution in [3.05, 3.63) is 46.9 Å². The topological polar surface area (TPSA) is 50.3 Å². The fourth-order valence-corrected chi connectivity index (χ4v) is 3.78. The van der Waals surface area contributed by atoms with Gasteiger partial charge in [0.1, 0.15) is 17.4 Å². The van der Waals surface area contributed by atoms with Crippen molar-refractivity contribution in [1.29, 1.82) is 0 Å². The lowest BCUT2D eigenvalue weighted by Crippen LogP contribution is -2.38. The standard InChI is InChI=1S/C20H25ClN4O/c1-26-17-4-2-3-15(19(17)21)13-25-11-8-16(9-12-25)23-18-7-10-22-20(24-18)14-5-6-14/h2-4,7,10,14,16H,5-6,8-9,11-13H2,1H3,(H,22,23,24). The third-order valence-electron chi connectivity index (χ3n) is 5.21. The summed E-state index contributed by atoms with van der Waals surface area (Å²) in [5.41, 5.74) is 1.13. The van der Waals surface area contributed by atoms with Gasteiger partial charge in [0, 0.05) is 37.8 Å². The minimum atomic E-state index is 0.467. The first-order valence-corrected chi connectivity index (χ1v) is 9.74. The van der Waals surface area contributed by atoms with Crippen molar-refractivity contribution < 1.29 is 4.74 Å². The van der Waals surface area contributed by atoms with Crippen LogP contribution in [0.3, 0.4) is 0 Å². The second-order valence-corrected chi connectivity index (χ2v) is 7.58. The Morgan fingerprint density at radius 1 is 1.19 bits per heavy atom. The van der Waals surface area contributed by atoms with E-state index in [9.17, 15) is 0 Å². The van der Waals surface area contributed by atoms with Crippen molar-refractivity contribution in [2.75, 3.05) is 25.5 Å². The fourth-order valence-electron chi connectivity index (χ4n) is 3.51. The minimum Gasteiger partial charge on any atom is -0.495 e. The number of anilines is 1. The maximum Gasteiger partial charge on any atom is 0.137 e. The predicted molar refractivity (Wildman–Crippen MR) is 104 cm³/mol. The quantitative estimate of drug-likeness (QED) is 0.827. The van der Waals surface area contributed by atoms with Gasteiger partial charge in [-0.2, -0.15) is 0 Å². The Kier molecular flexibility index (Phi) is 5.27. The summed E-state index contributed by atoms with van der Waals surface area (Å²) in [6.07, 6.45) is 6.54. The molecule has 2 fully saturated rings. The number of nitrogens with one attached hydrogen (secondary N) is 1. The molecule has 0 amide bonds. The van der Waals surface area contributed by atoms with Crippen LogP contribution in [0.15, 0.2) is 30.5 Å². The molecule has 1 saturated heterocycles. The second-order valence-electron chi connectivity index (χ2n) is 7.20. The lowest BCUT2D eigenvalue weighted by Gasteiger charge is -2.32. The molecule has 0 radical (unpaired) electrons. The highest BCUT2D eigenvalue weighted by molar-refractivity contribution is 6.32. The summed E-state index contributed by atoms with van der Waals surface area (Å²) in [5, 5.41) is 4.32. The van der Waals surface area contributed by atoms with Gasteiger partial charge in [0.2, 0.25) is 0 Å². The molecule has 5 nitrogen and oxygen atoms in total. The monoisotopic (exact) mass is 372 g/mol. The molecule has 6 heteroatoms. The number of aromatic nitrogens is 2. The average Bonchev–Trinajstić information content (AvgIpc) is 3.51. The third kappa shape index (κ3) is 4.10. The maximum absolute atomic E-state index is 6.43. The van der Waals surface area contributed by atoms with Crippen LogP contribution in [0.4, 0.5) is 5.82 Å². The van der Waals surface area contributed by atoms with Gasteiger partial charge in [0.25, 0.3) is 0 Å². The van der Waals surface area contributed by atoms with Crippen LogP contribution in [0.5, 0.6) is 5.75 Å². The van der Waals surface area contributed by atoms with Gasteiger partial charge >= 0.3 is 0 Å². The summed E-state index contributed by atoms with van der Waals surface area (Å²) in [4.78, 5) is 11.5. The lowest BCUT2D eigenvalue weighted by molar-refractivity contribution is 0.211. The zero-order chi connectivity index (χ0) is 17.9. The van der Waals surface area contributed by atoms with E-state index >= 15 is 0 Å². The smallest absolute Gasteiger partial charge is 0.137 e. The van der Waals surface area contributed by atoms with Crippen molar-refractivity contribution in [2.45, 2.75) is 44.2 Å². The SMILES string of the molecule is COc1cccc(CN2CCC(Nc3ccnc(C4CC4)n3)CC2)c1Cl. The number of hydrogen-bond donors (Lipinski definition) is 1. The van der Waals surface area contributed by atoms with E-state index in [1.807, 2.05) is 24.4 Å². The zero-order valence-corrected chi connectivity index (χ0v) is 15.9. The molecule has 1 N–H and O–H groups in total. The molecule has 1 aromatic heterocycles. The molecule has 0 bridgehead atoms. The summed E-state index contributed by atoms with van der Waals surface area (Å²) < 4.78 is 5.32. The van der Waals surface area contributed by atoms with E-state index < -0.39 is 0 Å². The number of ether oxygens (including phenoxy) is 1. The Hall–Kier alpha value is -1.85. The van der Waals surface area contributed by atoms with E-state index in [0.29, 0.717) is 12.0 Å². The van der Waals surface area contributed by atoms with Crippen LogP contribution in [0.25, 0.3) is 0 Å². The van der Waals surface area contributed by atoms with Crippen molar-refractivity contribution >= 4 is 17.4 Å². The molecule has 1 aliphatic heterocycles. The van der Waals surface area contributed by atoms with E-state index in [1.165, 1.54) is 12.8 Å². The number of benzene rings is 1. The number of hydrogen-bond acceptors (Lipinski definition) is 5. The molecule has 4 rings (SSSR count). The Morgan fingerprint density at radius 2 is 2.00 bits per heavy atom. The number of halogens is 1. The number of methoxy groups -OCH3 is 1. The van der Waals surface area contributed by atoms with Crippen molar-refractivity contribution in [1.82, 2.24) is 14.9 Å². The summed E-state index contributed by atoms with van der Waals surface area (Å²) in [6.45, 7) is 2.96. The molecule has 138 valence electrons. The maximum atomic E-state index is 6.43. The molecule has 2 aromatic rings. The lowest BCUT2D eigenvalue weighted by atomic mass is 10.0. The van der Waals surface area contributed by atoms with Crippen LogP contribution in [-0.2, 0) is 6.54 Å². The Labute approximate surface area is 159 Å². The average molecular weight is 373 g/mol. The van der Waals surface area contributed by atoms with Crippen LogP contribution >= 0.6 is 11.6 Å². The van der Waals surface area contributed by atoms with E-state index in [2.05, 4.69) is 26.3 Å². The van der Waals surface area contributed by atoms with Gasteiger partial charge in [-0.05, 0) is 43.4 Å². The van der Waals surface area contributed by atoms with E-state index in [0.717, 1.165) is 60.5 Å². The second kappa shape index (κ2) is 7.80. The summed E-state index contributed by atoms with van der Waals surface area (Å²) in [7, 11) is 1.66. The summed E-state index contributed by atoms with van der Waals surface area (Å²) >= 11 is 6.43. The van der Waals surface area contributed by atoms with Crippen molar-refractivity contribution in [3.8, 4) is 5.75 Å². The highest BCUT2D eigenvalue weighted by Crippen LogP contribution is 2.38. The fraction of sp³-hybridized carbons (Fsp3) is 0.500. The molecule has 0 atom stereocenters. The predicted octanol–water partition coefficient (Wildman–Crippen LogP) is 4.09. The van der Waals surface area contributed by atoms with Gasteiger partial charge in [-0.15, -0.1) is 0 Å². The van der Waals surface area contributed by atoms with Crippen molar-refractivity contribution in [2.24, 2.45) is 0 Å². The summed E-state index contributed by atoms with van der Waals surface area (Å²) in [6, 6.07) is 8.43. The Balaban J connectivity index is 1.31. The highest BCUT2D eigenvalue weighted by atomic mass is 35.5. The Morgan fingerprint density at radius 3 is 2.73 bits per heavy atom. The molecule has 1 aliphatic carbocycles.